The molecule has 0 amide bonds. The Kier molecular flexibility index (Phi) is 5.69. The maximum atomic E-state index is 12.1. The summed E-state index contributed by atoms with van der Waals surface area (Å²) in [4.78, 5) is 12.2. The van der Waals surface area contributed by atoms with E-state index in [1.165, 1.54) is 12.1 Å². The molecule has 1 aromatic carbocycles. The molecule has 106 valence electrons. The largest absolute Gasteiger partial charge is 0.395 e. The lowest BCUT2D eigenvalue weighted by Crippen LogP contribution is -2.14. The van der Waals surface area contributed by atoms with Gasteiger partial charge in [-0.2, -0.15) is 0 Å². The Morgan fingerprint density at radius 1 is 1.16 bits per heavy atom. The lowest BCUT2D eigenvalue weighted by atomic mass is 9.93. The van der Waals surface area contributed by atoms with Gasteiger partial charge in [0.05, 0.1) is 17.3 Å². The highest BCUT2D eigenvalue weighted by Crippen LogP contribution is 2.18. The molecule has 1 aromatic rings. The second-order valence-electron chi connectivity index (χ2n) is 4.44. The molecule has 0 unspecified atom stereocenters. The van der Waals surface area contributed by atoms with E-state index in [9.17, 15) is 13.2 Å². The van der Waals surface area contributed by atoms with Crippen LogP contribution in [0.15, 0.2) is 29.2 Å². The summed E-state index contributed by atoms with van der Waals surface area (Å²) in [5.41, 5.74) is 0.539. The highest BCUT2D eigenvalue weighted by molar-refractivity contribution is 7.91. The Bertz CT molecular complexity index is 513. The van der Waals surface area contributed by atoms with Crippen LogP contribution in [0.1, 0.15) is 37.0 Å². The SMILES string of the molecule is CCC(CC)C(=O)c1ccc(S(=O)(=O)CCO)cc1. The fourth-order valence-electron chi connectivity index (χ4n) is 1.96. The van der Waals surface area contributed by atoms with Gasteiger partial charge in [-0.25, -0.2) is 8.42 Å². The van der Waals surface area contributed by atoms with Gasteiger partial charge in [0, 0.05) is 11.5 Å². The van der Waals surface area contributed by atoms with Crippen molar-refractivity contribution in [1.29, 1.82) is 0 Å². The summed E-state index contributed by atoms with van der Waals surface area (Å²) in [5, 5.41) is 8.71. The van der Waals surface area contributed by atoms with E-state index in [1.807, 2.05) is 13.8 Å². The van der Waals surface area contributed by atoms with E-state index in [-0.39, 0.29) is 22.3 Å². The quantitative estimate of drug-likeness (QED) is 0.778. The van der Waals surface area contributed by atoms with E-state index in [2.05, 4.69) is 0 Å². The Morgan fingerprint density at radius 2 is 1.68 bits per heavy atom. The highest BCUT2D eigenvalue weighted by atomic mass is 32.2. The summed E-state index contributed by atoms with van der Waals surface area (Å²) < 4.78 is 23.4. The van der Waals surface area contributed by atoms with Crippen molar-refractivity contribution in [2.24, 2.45) is 5.92 Å². The van der Waals surface area contributed by atoms with Crippen LogP contribution in [0.2, 0.25) is 0 Å². The number of rotatable bonds is 7. The van der Waals surface area contributed by atoms with E-state index in [1.54, 1.807) is 12.1 Å². The summed E-state index contributed by atoms with van der Waals surface area (Å²) in [5.74, 6) is -0.261. The van der Waals surface area contributed by atoms with Gasteiger partial charge in [-0.1, -0.05) is 26.0 Å². The van der Waals surface area contributed by atoms with Gasteiger partial charge in [0.15, 0.2) is 15.6 Å². The van der Waals surface area contributed by atoms with Crippen LogP contribution in [-0.2, 0) is 9.84 Å². The summed E-state index contributed by atoms with van der Waals surface area (Å²) in [6.45, 7) is 3.52. The summed E-state index contributed by atoms with van der Waals surface area (Å²) >= 11 is 0. The van der Waals surface area contributed by atoms with Crippen molar-refractivity contribution in [2.75, 3.05) is 12.4 Å². The molecule has 0 aliphatic rings. The molecule has 0 saturated carbocycles. The molecular weight excluding hydrogens is 264 g/mol. The molecule has 0 radical (unpaired) electrons. The molecule has 0 saturated heterocycles. The fourth-order valence-corrected chi connectivity index (χ4v) is 2.99. The number of carbonyl (C=O) groups excluding carboxylic acids is 1. The third-order valence-corrected chi connectivity index (χ3v) is 4.92. The predicted molar refractivity (Wildman–Crippen MR) is 74.0 cm³/mol. The molecule has 0 fully saturated rings. The molecule has 0 bridgehead atoms. The van der Waals surface area contributed by atoms with Crippen molar-refractivity contribution in [1.82, 2.24) is 0 Å². The topological polar surface area (TPSA) is 71.4 Å². The van der Waals surface area contributed by atoms with E-state index in [0.717, 1.165) is 12.8 Å². The fraction of sp³-hybridized carbons (Fsp3) is 0.500. The van der Waals surface area contributed by atoms with Crippen molar-refractivity contribution < 1.29 is 18.3 Å². The molecule has 1 N–H and O–H groups in total. The summed E-state index contributed by atoms with van der Waals surface area (Å²) in [6.07, 6.45) is 1.56. The average Bonchev–Trinajstić information content (AvgIpc) is 2.40. The number of benzene rings is 1. The predicted octanol–water partition coefficient (Wildman–Crippen LogP) is 2.07. The first kappa shape index (κ1) is 15.9. The number of sulfone groups is 1. The minimum Gasteiger partial charge on any atom is -0.395 e. The second-order valence-corrected chi connectivity index (χ2v) is 6.55. The lowest BCUT2D eigenvalue weighted by Gasteiger charge is -2.11. The Labute approximate surface area is 114 Å². The molecule has 19 heavy (non-hydrogen) atoms. The Balaban J connectivity index is 2.97. The lowest BCUT2D eigenvalue weighted by molar-refractivity contribution is 0.0913. The van der Waals surface area contributed by atoms with E-state index >= 15 is 0 Å². The molecule has 5 heteroatoms. The second kappa shape index (κ2) is 6.82. The van der Waals surface area contributed by atoms with Crippen molar-refractivity contribution in [3.05, 3.63) is 29.8 Å². The molecular formula is C14H20O4S. The van der Waals surface area contributed by atoms with Gasteiger partial charge >= 0.3 is 0 Å². The van der Waals surface area contributed by atoms with E-state index < -0.39 is 16.4 Å². The van der Waals surface area contributed by atoms with Gasteiger partial charge in [-0.15, -0.1) is 0 Å². The number of aliphatic hydroxyl groups is 1. The van der Waals surface area contributed by atoms with Crippen molar-refractivity contribution in [3.63, 3.8) is 0 Å². The molecule has 0 aliphatic heterocycles. The van der Waals surface area contributed by atoms with E-state index in [4.69, 9.17) is 5.11 Å². The zero-order valence-electron chi connectivity index (χ0n) is 11.3. The normalized spacial score (nSPS) is 11.8. The first-order chi connectivity index (χ1) is 8.96. The maximum absolute atomic E-state index is 12.1. The first-order valence-corrected chi connectivity index (χ1v) is 8.09. The first-order valence-electron chi connectivity index (χ1n) is 6.44. The summed E-state index contributed by atoms with van der Waals surface area (Å²) in [7, 11) is -3.45. The molecule has 0 aromatic heterocycles. The van der Waals surface area contributed by atoms with Gasteiger partial charge < -0.3 is 5.11 Å². The highest BCUT2D eigenvalue weighted by Gasteiger charge is 2.18. The van der Waals surface area contributed by atoms with Gasteiger partial charge in [0.25, 0.3) is 0 Å². The van der Waals surface area contributed by atoms with Crippen molar-refractivity contribution in [3.8, 4) is 0 Å². The molecule has 0 atom stereocenters. The number of carbonyl (C=O) groups is 1. The van der Waals surface area contributed by atoms with Crippen LogP contribution in [0.3, 0.4) is 0 Å². The van der Waals surface area contributed by atoms with Crippen LogP contribution in [0.4, 0.5) is 0 Å². The number of Topliss-reactive ketones (excluding diaryl/α,β-unsaturated/α-hetero) is 1. The van der Waals surface area contributed by atoms with Gasteiger partial charge in [-0.05, 0) is 25.0 Å². The van der Waals surface area contributed by atoms with Crippen LogP contribution < -0.4 is 0 Å². The zero-order chi connectivity index (χ0) is 14.5. The summed E-state index contributed by atoms with van der Waals surface area (Å²) in [6, 6.07) is 5.96. The minimum absolute atomic E-state index is 0.0140. The monoisotopic (exact) mass is 284 g/mol. The third-order valence-electron chi connectivity index (χ3n) is 3.21. The van der Waals surface area contributed by atoms with Crippen LogP contribution in [0.5, 0.6) is 0 Å². The van der Waals surface area contributed by atoms with Crippen LogP contribution in [-0.4, -0.2) is 31.7 Å². The Hall–Kier alpha value is -1.20. The minimum atomic E-state index is -3.45. The zero-order valence-corrected chi connectivity index (χ0v) is 12.1. The van der Waals surface area contributed by atoms with Crippen molar-refractivity contribution in [2.45, 2.75) is 31.6 Å². The number of ketones is 1. The van der Waals surface area contributed by atoms with Gasteiger partial charge in [0.2, 0.25) is 0 Å². The smallest absolute Gasteiger partial charge is 0.180 e. The van der Waals surface area contributed by atoms with Gasteiger partial charge in [0.1, 0.15) is 0 Å². The van der Waals surface area contributed by atoms with Crippen LogP contribution in [0.25, 0.3) is 0 Å². The molecule has 0 heterocycles. The standard InChI is InChI=1S/C14H20O4S/c1-3-11(4-2)14(16)12-5-7-13(8-6-12)19(17,18)10-9-15/h5-8,11,15H,3-4,9-10H2,1-2H3. The molecule has 0 aliphatic carbocycles. The average molecular weight is 284 g/mol. The number of aliphatic hydroxyl groups excluding tert-OH is 1. The van der Waals surface area contributed by atoms with Gasteiger partial charge in [-0.3, -0.25) is 4.79 Å². The van der Waals surface area contributed by atoms with Crippen LogP contribution in [0, 0.1) is 5.92 Å². The third kappa shape index (κ3) is 3.88. The number of hydrogen-bond acceptors (Lipinski definition) is 4. The number of hydrogen-bond donors (Lipinski definition) is 1. The van der Waals surface area contributed by atoms with Crippen LogP contribution >= 0.6 is 0 Å². The molecule has 0 spiro atoms. The Morgan fingerprint density at radius 3 is 2.11 bits per heavy atom. The van der Waals surface area contributed by atoms with E-state index in [0.29, 0.717) is 5.56 Å². The van der Waals surface area contributed by atoms with Crippen molar-refractivity contribution >= 4 is 15.6 Å². The molecule has 4 nitrogen and oxygen atoms in total. The maximum Gasteiger partial charge on any atom is 0.180 e. The molecule has 1 rings (SSSR count).